The quantitative estimate of drug-likeness (QED) is 0.761. The van der Waals surface area contributed by atoms with E-state index in [1.165, 1.54) is 0 Å². The second kappa shape index (κ2) is 6.52. The molecular formula is C16H22N4O3. The number of hydrogen-bond acceptors (Lipinski definition) is 4. The number of rotatable bonds is 4. The highest BCUT2D eigenvalue weighted by Gasteiger charge is 2.32. The number of carbonyl (C=O) groups excluding carboxylic acids is 3. The zero-order valence-corrected chi connectivity index (χ0v) is 13.4. The second-order valence-electron chi connectivity index (χ2n) is 6.32. The number of aromatic nitrogens is 2. The van der Waals surface area contributed by atoms with Crippen molar-refractivity contribution in [3.8, 4) is 0 Å². The Kier molecular flexibility index (Phi) is 4.45. The molecule has 0 spiro atoms. The summed E-state index contributed by atoms with van der Waals surface area (Å²) in [4.78, 5) is 42.6. The molecule has 23 heavy (non-hydrogen) atoms. The average Bonchev–Trinajstić information content (AvgIpc) is 3.08. The first-order valence-electron chi connectivity index (χ1n) is 8.13. The summed E-state index contributed by atoms with van der Waals surface area (Å²) in [5.41, 5.74) is 0. The molecule has 7 nitrogen and oxygen atoms in total. The highest BCUT2D eigenvalue weighted by Crippen LogP contribution is 2.20. The van der Waals surface area contributed by atoms with Crippen molar-refractivity contribution in [1.82, 2.24) is 19.4 Å². The molecule has 0 aromatic carbocycles. The van der Waals surface area contributed by atoms with Crippen LogP contribution in [-0.2, 0) is 20.9 Å². The van der Waals surface area contributed by atoms with E-state index in [0.29, 0.717) is 19.0 Å². The maximum Gasteiger partial charge on any atom is 0.242 e. The second-order valence-corrected chi connectivity index (χ2v) is 6.32. The van der Waals surface area contributed by atoms with Gasteiger partial charge in [0.1, 0.15) is 12.4 Å². The van der Waals surface area contributed by atoms with Gasteiger partial charge >= 0.3 is 0 Å². The third kappa shape index (κ3) is 3.43. The van der Waals surface area contributed by atoms with Crippen LogP contribution in [0.25, 0.3) is 0 Å². The molecule has 3 rings (SSSR count). The van der Waals surface area contributed by atoms with E-state index in [0.717, 1.165) is 30.1 Å². The number of imidazole rings is 1. The molecule has 2 saturated heterocycles. The van der Waals surface area contributed by atoms with Crippen LogP contribution >= 0.6 is 0 Å². The van der Waals surface area contributed by atoms with E-state index in [1.54, 1.807) is 11.1 Å². The number of hydrogen-bond donors (Lipinski definition) is 0. The molecule has 2 fully saturated rings. The van der Waals surface area contributed by atoms with Crippen molar-refractivity contribution in [2.75, 3.05) is 19.6 Å². The van der Waals surface area contributed by atoms with Gasteiger partial charge in [-0.15, -0.1) is 0 Å². The van der Waals surface area contributed by atoms with Gasteiger partial charge in [0.2, 0.25) is 17.7 Å². The maximum absolute atomic E-state index is 12.3. The number of nitrogens with zero attached hydrogens (tertiary/aromatic N) is 4. The van der Waals surface area contributed by atoms with Gasteiger partial charge in [-0.25, -0.2) is 4.98 Å². The molecule has 0 radical (unpaired) electrons. The van der Waals surface area contributed by atoms with Crippen molar-refractivity contribution < 1.29 is 14.4 Å². The predicted octanol–water partition coefficient (Wildman–Crippen LogP) is 0.579. The fourth-order valence-corrected chi connectivity index (χ4v) is 3.27. The minimum atomic E-state index is -0.228. The van der Waals surface area contributed by atoms with Crippen LogP contribution in [0.5, 0.6) is 0 Å². The van der Waals surface area contributed by atoms with Crippen LogP contribution in [0.15, 0.2) is 12.4 Å². The Bertz CT molecular complexity index is 601. The lowest BCUT2D eigenvalue weighted by molar-refractivity contribution is -0.146. The molecule has 2 aliphatic rings. The molecule has 3 heterocycles. The van der Waals surface area contributed by atoms with E-state index >= 15 is 0 Å². The van der Waals surface area contributed by atoms with Crippen LogP contribution in [-0.4, -0.2) is 56.7 Å². The van der Waals surface area contributed by atoms with Crippen LogP contribution in [0, 0.1) is 12.8 Å². The fraction of sp³-hybridized carbons (Fsp3) is 0.625. The van der Waals surface area contributed by atoms with E-state index in [2.05, 4.69) is 9.55 Å². The molecule has 124 valence electrons. The third-order valence-corrected chi connectivity index (χ3v) is 4.79. The third-order valence-electron chi connectivity index (χ3n) is 4.79. The number of carbonyl (C=O) groups is 3. The first kappa shape index (κ1) is 15.7. The number of aryl methyl sites for hydroxylation is 1. The smallest absolute Gasteiger partial charge is 0.242 e. The van der Waals surface area contributed by atoms with Gasteiger partial charge in [0.05, 0.1) is 0 Å². The summed E-state index contributed by atoms with van der Waals surface area (Å²) in [6.45, 7) is 4.20. The average molecular weight is 318 g/mol. The minimum absolute atomic E-state index is 0.0943. The molecule has 0 aliphatic carbocycles. The summed E-state index contributed by atoms with van der Waals surface area (Å²) >= 11 is 0. The zero-order valence-electron chi connectivity index (χ0n) is 13.4. The Hall–Kier alpha value is -2.18. The molecule has 3 amide bonds. The number of imide groups is 1. The van der Waals surface area contributed by atoms with E-state index < -0.39 is 0 Å². The van der Waals surface area contributed by atoms with Crippen LogP contribution in [0.2, 0.25) is 0 Å². The zero-order chi connectivity index (χ0) is 16.4. The lowest BCUT2D eigenvalue weighted by atomic mass is 9.96. The van der Waals surface area contributed by atoms with Crippen molar-refractivity contribution in [2.45, 2.75) is 39.2 Å². The normalized spacial score (nSPS) is 19.7. The van der Waals surface area contributed by atoms with Crippen molar-refractivity contribution >= 4 is 17.7 Å². The summed E-state index contributed by atoms with van der Waals surface area (Å²) in [6.07, 6.45) is 6.13. The maximum atomic E-state index is 12.3. The molecule has 2 aliphatic heterocycles. The van der Waals surface area contributed by atoms with Gasteiger partial charge in [-0.2, -0.15) is 0 Å². The number of likely N-dealkylation sites (tertiary alicyclic amines) is 2. The van der Waals surface area contributed by atoms with Gasteiger partial charge in [0.15, 0.2) is 0 Å². The molecule has 0 atom stereocenters. The lowest BCUT2D eigenvalue weighted by Crippen LogP contribution is -2.45. The van der Waals surface area contributed by atoms with E-state index in [9.17, 15) is 14.4 Å². The minimum Gasteiger partial charge on any atom is -0.341 e. The Morgan fingerprint density at radius 2 is 1.87 bits per heavy atom. The predicted molar refractivity (Wildman–Crippen MR) is 82.2 cm³/mol. The summed E-state index contributed by atoms with van der Waals surface area (Å²) < 4.78 is 2.14. The van der Waals surface area contributed by atoms with Crippen LogP contribution < -0.4 is 0 Å². The van der Waals surface area contributed by atoms with Crippen LogP contribution in [0.4, 0.5) is 0 Å². The topological polar surface area (TPSA) is 75.5 Å². The number of piperidine rings is 1. The Balaban J connectivity index is 1.48. The summed E-state index contributed by atoms with van der Waals surface area (Å²) in [7, 11) is 0. The highest BCUT2D eigenvalue weighted by atomic mass is 16.2. The monoisotopic (exact) mass is 318 g/mol. The van der Waals surface area contributed by atoms with Gasteiger partial charge in [-0.05, 0) is 25.7 Å². The first-order chi connectivity index (χ1) is 11.0. The van der Waals surface area contributed by atoms with Crippen molar-refractivity contribution in [3.63, 3.8) is 0 Å². The van der Waals surface area contributed by atoms with Gasteiger partial charge in [0.25, 0.3) is 0 Å². The van der Waals surface area contributed by atoms with Gasteiger partial charge in [0, 0.05) is 44.9 Å². The van der Waals surface area contributed by atoms with Crippen LogP contribution in [0.3, 0.4) is 0 Å². The lowest BCUT2D eigenvalue weighted by Gasteiger charge is -2.33. The Morgan fingerprint density at radius 3 is 2.43 bits per heavy atom. The largest absolute Gasteiger partial charge is 0.341 e. The molecule has 1 aromatic rings. The van der Waals surface area contributed by atoms with E-state index in [4.69, 9.17) is 0 Å². The molecule has 0 saturated carbocycles. The summed E-state index contributed by atoms with van der Waals surface area (Å²) in [5.74, 6) is 0.963. The molecule has 0 N–H and O–H groups in total. The van der Waals surface area contributed by atoms with Crippen molar-refractivity contribution in [1.29, 1.82) is 0 Å². The molecular weight excluding hydrogens is 296 g/mol. The molecule has 1 aromatic heterocycles. The SMILES string of the molecule is Cc1nccn1CC1CCN(C(=O)CN2C(=O)CCC2=O)CC1. The Labute approximate surface area is 135 Å². The van der Waals surface area contributed by atoms with Crippen LogP contribution in [0.1, 0.15) is 31.5 Å². The highest BCUT2D eigenvalue weighted by molar-refractivity contribution is 6.04. The molecule has 0 unspecified atom stereocenters. The Morgan fingerprint density at radius 1 is 1.22 bits per heavy atom. The number of amides is 3. The summed E-state index contributed by atoms with van der Waals surface area (Å²) in [5, 5.41) is 0. The standard InChI is InChI=1S/C16H22N4O3/c1-12-17-6-9-19(12)10-13-4-7-18(8-5-13)16(23)11-20-14(21)2-3-15(20)22/h6,9,13H,2-5,7-8,10-11H2,1H3. The van der Waals surface area contributed by atoms with Gasteiger partial charge in [-0.3, -0.25) is 19.3 Å². The van der Waals surface area contributed by atoms with Gasteiger partial charge < -0.3 is 9.47 Å². The molecule has 0 bridgehead atoms. The first-order valence-corrected chi connectivity index (χ1v) is 8.13. The van der Waals surface area contributed by atoms with E-state index in [1.807, 2.05) is 13.1 Å². The van der Waals surface area contributed by atoms with E-state index in [-0.39, 0.29) is 37.1 Å². The van der Waals surface area contributed by atoms with Crippen molar-refractivity contribution in [2.24, 2.45) is 5.92 Å². The van der Waals surface area contributed by atoms with Crippen molar-refractivity contribution in [3.05, 3.63) is 18.2 Å². The molecule has 7 heteroatoms. The fourth-order valence-electron chi connectivity index (χ4n) is 3.27. The summed E-state index contributed by atoms with van der Waals surface area (Å²) in [6, 6.07) is 0. The van der Waals surface area contributed by atoms with Gasteiger partial charge in [-0.1, -0.05) is 0 Å².